The molecule has 0 bridgehead atoms. The third-order valence-electron chi connectivity index (χ3n) is 4.40. The number of thiazole rings is 1. The average molecular weight is 358 g/mol. The van der Waals surface area contributed by atoms with Crippen LogP contribution < -0.4 is 5.32 Å². The highest BCUT2D eigenvalue weighted by molar-refractivity contribution is 7.07. The van der Waals surface area contributed by atoms with E-state index in [-0.39, 0.29) is 11.8 Å². The Labute approximate surface area is 151 Å². The van der Waals surface area contributed by atoms with Crippen LogP contribution in [0.5, 0.6) is 0 Å². The third-order valence-corrected chi connectivity index (χ3v) is 4.99. The number of nitrogens with one attached hydrogen (secondary N) is 1. The van der Waals surface area contributed by atoms with Gasteiger partial charge in [-0.1, -0.05) is 18.2 Å². The molecule has 1 saturated heterocycles. The largest absolute Gasteiger partial charge is 0.370 e. The van der Waals surface area contributed by atoms with Gasteiger partial charge in [0.25, 0.3) is 5.91 Å². The minimum Gasteiger partial charge on any atom is -0.370 e. The van der Waals surface area contributed by atoms with E-state index in [9.17, 15) is 9.59 Å². The van der Waals surface area contributed by atoms with Gasteiger partial charge in [-0.25, -0.2) is 4.98 Å². The first-order valence-corrected chi connectivity index (χ1v) is 9.18. The summed E-state index contributed by atoms with van der Waals surface area (Å²) in [5.74, 6) is -0.140. The topological polar surface area (TPSA) is 65.5 Å². The fourth-order valence-corrected chi connectivity index (χ4v) is 3.79. The molecule has 0 saturated carbocycles. The summed E-state index contributed by atoms with van der Waals surface area (Å²) in [5.41, 5.74) is 2.14. The van der Waals surface area contributed by atoms with Crippen LogP contribution in [0, 0.1) is 0 Å². The second-order valence-corrected chi connectivity index (χ2v) is 7.20. The van der Waals surface area contributed by atoms with Gasteiger partial charge in [0.15, 0.2) is 0 Å². The van der Waals surface area contributed by atoms with E-state index < -0.39 is 5.54 Å². The molecule has 1 atom stereocenters. The molecule has 132 valence electrons. The Balaban J connectivity index is 1.88. The van der Waals surface area contributed by atoms with E-state index in [1.807, 2.05) is 30.3 Å². The molecule has 2 aromatic rings. The lowest BCUT2D eigenvalue weighted by atomic mass is 9.86. The third kappa shape index (κ3) is 3.66. The molecule has 1 N–H and O–H groups in total. The number of likely N-dealkylation sites (N-methyl/N-ethyl adjacent to an activating group) is 1. The van der Waals surface area contributed by atoms with Crippen LogP contribution in [0.25, 0.3) is 0 Å². The summed E-state index contributed by atoms with van der Waals surface area (Å²) >= 11 is 1.40. The molecule has 1 aliphatic heterocycles. The number of hydrogen-bond donors (Lipinski definition) is 1. The number of piperidine rings is 1. The molecule has 0 aliphatic carbocycles. The van der Waals surface area contributed by atoms with Crippen LogP contribution in [0.2, 0.25) is 0 Å². The summed E-state index contributed by atoms with van der Waals surface area (Å²) in [5, 5.41) is 5.15. The fraction of sp³-hybridized carbons (Fsp3) is 0.389. The maximum absolute atomic E-state index is 13.0. The number of carbonyl (C=O) groups is 2. The molecular formula is C18H22N4O2S. The number of amides is 2. The quantitative estimate of drug-likeness (QED) is 0.911. The second-order valence-electron chi connectivity index (χ2n) is 6.48. The number of para-hydroxylation sites is 1. The Morgan fingerprint density at radius 2 is 2.04 bits per heavy atom. The predicted molar refractivity (Wildman–Crippen MR) is 98.7 cm³/mol. The van der Waals surface area contributed by atoms with Crippen LogP contribution in [0.4, 0.5) is 5.69 Å². The normalized spacial score (nSPS) is 20.2. The lowest BCUT2D eigenvalue weighted by Crippen LogP contribution is -2.62. The van der Waals surface area contributed by atoms with E-state index in [2.05, 4.69) is 10.3 Å². The average Bonchev–Trinajstić information content (AvgIpc) is 3.16. The van der Waals surface area contributed by atoms with Gasteiger partial charge in [0.1, 0.15) is 11.2 Å². The van der Waals surface area contributed by atoms with Gasteiger partial charge in [-0.15, -0.1) is 11.3 Å². The summed E-state index contributed by atoms with van der Waals surface area (Å²) in [4.78, 5) is 33.1. The minimum absolute atomic E-state index is 0.0212. The van der Waals surface area contributed by atoms with Gasteiger partial charge in [-0.05, 0) is 25.0 Å². The zero-order valence-corrected chi connectivity index (χ0v) is 15.3. The van der Waals surface area contributed by atoms with Crippen molar-refractivity contribution >= 4 is 28.8 Å². The van der Waals surface area contributed by atoms with Crippen molar-refractivity contribution in [3.8, 4) is 0 Å². The van der Waals surface area contributed by atoms with Gasteiger partial charge in [0.05, 0.1) is 12.1 Å². The molecule has 1 aliphatic rings. The van der Waals surface area contributed by atoms with Crippen molar-refractivity contribution in [3.63, 3.8) is 0 Å². The van der Waals surface area contributed by atoms with Crippen LogP contribution in [-0.2, 0) is 4.79 Å². The van der Waals surface area contributed by atoms with Gasteiger partial charge in [-0.3, -0.25) is 9.59 Å². The molecule has 2 amide bonds. The van der Waals surface area contributed by atoms with Gasteiger partial charge in [0.2, 0.25) is 5.91 Å². The molecule has 0 spiro atoms. The molecule has 6 nitrogen and oxygen atoms in total. The Morgan fingerprint density at radius 1 is 1.28 bits per heavy atom. The minimum atomic E-state index is -0.825. The first kappa shape index (κ1) is 17.4. The summed E-state index contributed by atoms with van der Waals surface area (Å²) in [7, 11) is 3.50. The first-order chi connectivity index (χ1) is 12.0. The Morgan fingerprint density at radius 3 is 2.68 bits per heavy atom. The van der Waals surface area contributed by atoms with Crippen molar-refractivity contribution in [2.75, 3.05) is 32.5 Å². The standard InChI is InChI=1S/C18H22N4O2S/c1-21(2)17(24)18(20-14-7-4-3-5-8-14)9-6-10-22(12-18)16(23)15-11-25-13-19-15/h3-5,7-8,11,13,20H,6,9-10,12H2,1-2H3. The van der Waals surface area contributed by atoms with Crippen LogP contribution in [0.15, 0.2) is 41.2 Å². The maximum Gasteiger partial charge on any atom is 0.273 e. The molecule has 1 aromatic carbocycles. The van der Waals surface area contributed by atoms with Crippen molar-refractivity contribution in [3.05, 3.63) is 46.9 Å². The monoisotopic (exact) mass is 358 g/mol. The van der Waals surface area contributed by atoms with Crippen LogP contribution in [0.3, 0.4) is 0 Å². The van der Waals surface area contributed by atoms with E-state index in [1.165, 1.54) is 11.3 Å². The highest BCUT2D eigenvalue weighted by Gasteiger charge is 2.44. The molecule has 3 rings (SSSR count). The number of nitrogens with zero attached hydrogens (tertiary/aromatic N) is 3. The van der Waals surface area contributed by atoms with Gasteiger partial charge < -0.3 is 15.1 Å². The zero-order chi connectivity index (χ0) is 17.9. The first-order valence-electron chi connectivity index (χ1n) is 8.24. The molecule has 25 heavy (non-hydrogen) atoms. The Kier molecular flexibility index (Phi) is 5.03. The number of carbonyl (C=O) groups excluding carboxylic acids is 2. The van der Waals surface area contributed by atoms with Crippen molar-refractivity contribution in [2.24, 2.45) is 0 Å². The Hall–Kier alpha value is -2.41. The van der Waals surface area contributed by atoms with E-state index in [0.29, 0.717) is 25.2 Å². The number of likely N-dealkylation sites (tertiary alicyclic amines) is 1. The number of aromatic nitrogens is 1. The molecule has 7 heteroatoms. The molecular weight excluding hydrogens is 336 g/mol. The number of anilines is 1. The van der Waals surface area contributed by atoms with Gasteiger partial charge in [-0.2, -0.15) is 0 Å². The number of benzene rings is 1. The van der Waals surface area contributed by atoms with E-state index in [0.717, 1.165) is 12.1 Å². The van der Waals surface area contributed by atoms with E-state index in [1.54, 1.807) is 34.8 Å². The van der Waals surface area contributed by atoms with Crippen LogP contribution >= 0.6 is 11.3 Å². The van der Waals surface area contributed by atoms with Crippen molar-refractivity contribution in [2.45, 2.75) is 18.4 Å². The van der Waals surface area contributed by atoms with Crippen molar-refractivity contribution in [1.82, 2.24) is 14.8 Å². The highest BCUT2D eigenvalue weighted by atomic mass is 32.1. The number of rotatable bonds is 4. The Bertz CT molecular complexity index is 733. The van der Waals surface area contributed by atoms with Crippen molar-refractivity contribution in [1.29, 1.82) is 0 Å². The molecule has 1 aromatic heterocycles. The predicted octanol–water partition coefficient (Wildman–Crippen LogP) is 2.32. The van der Waals surface area contributed by atoms with Crippen molar-refractivity contribution < 1.29 is 9.59 Å². The number of hydrogen-bond acceptors (Lipinski definition) is 5. The fourth-order valence-electron chi connectivity index (χ4n) is 3.26. The summed E-state index contributed by atoms with van der Waals surface area (Å²) < 4.78 is 0. The highest BCUT2D eigenvalue weighted by Crippen LogP contribution is 2.28. The van der Waals surface area contributed by atoms with Crippen LogP contribution in [0.1, 0.15) is 23.3 Å². The van der Waals surface area contributed by atoms with E-state index in [4.69, 9.17) is 0 Å². The van der Waals surface area contributed by atoms with Crippen LogP contribution in [-0.4, -0.2) is 59.3 Å². The SMILES string of the molecule is CN(C)C(=O)C1(Nc2ccccc2)CCCN(C(=O)c2cscn2)C1. The zero-order valence-electron chi connectivity index (χ0n) is 14.4. The lowest BCUT2D eigenvalue weighted by molar-refractivity contribution is -0.135. The van der Waals surface area contributed by atoms with Gasteiger partial charge >= 0.3 is 0 Å². The summed E-state index contributed by atoms with van der Waals surface area (Å²) in [6, 6.07) is 9.66. The second kappa shape index (κ2) is 7.23. The molecule has 0 radical (unpaired) electrons. The molecule has 2 heterocycles. The summed E-state index contributed by atoms with van der Waals surface area (Å²) in [6.07, 6.45) is 1.44. The molecule has 1 fully saturated rings. The lowest BCUT2D eigenvalue weighted by Gasteiger charge is -2.43. The summed E-state index contributed by atoms with van der Waals surface area (Å²) in [6.45, 7) is 0.963. The molecule has 1 unspecified atom stereocenters. The smallest absolute Gasteiger partial charge is 0.273 e. The maximum atomic E-state index is 13.0. The van der Waals surface area contributed by atoms with Gasteiger partial charge in [0, 0.05) is 31.7 Å². The van der Waals surface area contributed by atoms with E-state index >= 15 is 0 Å².